The van der Waals surface area contributed by atoms with E-state index in [1.165, 1.54) is 25.3 Å². The summed E-state index contributed by atoms with van der Waals surface area (Å²) in [7, 11) is 3.22. The van der Waals surface area contributed by atoms with Gasteiger partial charge in [0, 0.05) is 0 Å². The minimum atomic E-state index is -0.392. The molecule has 2 aromatic rings. The Balaban J connectivity index is 2.50. The van der Waals surface area contributed by atoms with Gasteiger partial charge >= 0.3 is 0 Å². The average molecular weight is 263 g/mol. The molecule has 1 N–H and O–H groups in total. The number of benzene rings is 2. The summed E-state index contributed by atoms with van der Waals surface area (Å²) in [5.41, 5.74) is 1.19. The standard InChI is InChI=1S/C15H15F2NO/c1-18-15(10-6-8-11(16)9-7-10)14-12(17)4-3-5-13(14)19-2/h3-9,15,18H,1-2H3. The number of rotatable bonds is 4. The monoisotopic (exact) mass is 263 g/mol. The van der Waals surface area contributed by atoms with E-state index < -0.39 is 6.04 Å². The normalized spacial score (nSPS) is 12.2. The molecule has 0 heterocycles. The lowest BCUT2D eigenvalue weighted by molar-refractivity contribution is 0.398. The molecule has 0 bridgehead atoms. The van der Waals surface area contributed by atoms with Gasteiger partial charge in [-0.25, -0.2) is 8.78 Å². The maximum Gasteiger partial charge on any atom is 0.132 e. The van der Waals surface area contributed by atoms with Crippen molar-refractivity contribution < 1.29 is 13.5 Å². The molecule has 0 aliphatic rings. The Hall–Kier alpha value is -1.94. The van der Waals surface area contributed by atoms with E-state index in [-0.39, 0.29) is 11.6 Å². The van der Waals surface area contributed by atoms with Crippen molar-refractivity contribution in [1.29, 1.82) is 0 Å². The third kappa shape index (κ3) is 2.74. The van der Waals surface area contributed by atoms with Gasteiger partial charge < -0.3 is 10.1 Å². The van der Waals surface area contributed by atoms with Crippen LogP contribution in [0.15, 0.2) is 42.5 Å². The molecule has 2 nitrogen and oxygen atoms in total. The zero-order valence-corrected chi connectivity index (χ0v) is 10.8. The van der Waals surface area contributed by atoms with Gasteiger partial charge in [-0.2, -0.15) is 0 Å². The van der Waals surface area contributed by atoms with E-state index in [1.807, 2.05) is 0 Å². The smallest absolute Gasteiger partial charge is 0.132 e. The lowest BCUT2D eigenvalue weighted by Gasteiger charge is -2.20. The summed E-state index contributed by atoms with van der Waals surface area (Å²) in [5.74, 6) is -0.217. The van der Waals surface area contributed by atoms with Crippen LogP contribution in [0.5, 0.6) is 5.75 Å². The molecule has 1 unspecified atom stereocenters. The quantitative estimate of drug-likeness (QED) is 0.914. The predicted octanol–water partition coefficient (Wildman–Crippen LogP) is 3.28. The number of halogens is 2. The van der Waals surface area contributed by atoms with Crippen molar-refractivity contribution in [2.75, 3.05) is 14.2 Å². The van der Waals surface area contributed by atoms with E-state index in [0.717, 1.165) is 5.56 Å². The Labute approximate surface area is 111 Å². The van der Waals surface area contributed by atoms with Gasteiger partial charge in [0.05, 0.1) is 18.7 Å². The van der Waals surface area contributed by atoms with Crippen LogP contribution >= 0.6 is 0 Å². The molecule has 2 aromatic carbocycles. The molecule has 0 aromatic heterocycles. The highest BCUT2D eigenvalue weighted by Crippen LogP contribution is 2.32. The Morgan fingerprint density at radius 3 is 2.32 bits per heavy atom. The zero-order chi connectivity index (χ0) is 13.8. The minimum Gasteiger partial charge on any atom is -0.496 e. The molecule has 0 saturated carbocycles. The third-order valence-electron chi connectivity index (χ3n) is 3.01. The molecule has 4 heteroatoms. The molecule has 0 aliphatic heterocycles. The fourth-order valence-electron chi connectivity index (χ4n) is 2.11. The summed E-state index contributed by atoms with van der Waals surface area (Å²) in [5, 5.41) is 3.03. The molecule has 0 saturated heterocycles. The summed E-state index contributed by atoms with van der Waals surface area (Å²) < 4.78 is 32.2. The zero-order valence-electron chi connectivity index (χ0n) is 10.8. The van der Waals surface area contributed by atoms with E-state index in [0.29, 0.717) is 11.3 Å². The highest BCUT2D eigenvalue weighted by molar-refractivity contribution is 5.42. The Morgan fingerprint density at radius 1 is 1.05 bits per heavy atom. The number of ether oxygens (including phenoxy) is 1. The Kier molecular flexibility index (Phi) is 4.12. The van der Waals surface area contributed by atoms with Crippen molar-refractivity contribution in [3.63, 3.8) is 0 Å². The van der Waals surface area contributed by atoms with E-state index in [9.17, 15) is 8.78 Å². The average Bonchev–Trinajstić information content (AvgIpc) is 2.43. The Bertz CT molecular complexity index is 555. The number of methoxy groups -OCH3 is 1. The van der Waals surface area contributed by atoms with E-state index >= 15 is 0 Å². The summed E-state index contributed by atoms with van der Waals surface area (Å²) in [6, 6.07) is 10.2. The lowest BCUT2D eigenvalue weighted by atomic mass is 9.97. The molecule has 0 radical (unpaired) electrons. The Morgan fingerprint density at radius 2 is 1.74 bits per heavy atom. The molecule has 2 rings (SSSR count). The van der Waals surface area contributed by atoms with Crippen molar-refractivity contribution in [2.45, 2.75) is 6.04 Å². The molecular formula is C15H15F2NO. The maximum absolute atomic E-state index is 14.0. The van der Waals surface area contributed by atoms with Crippen molar-refractivity contribution >= 4 is 0 Å². The summed E-state index contributed by atoms with van der Waals surface area (Å²) in [6.07, 6.45) is 0. The molecule has 0 aliphatic carbocycles. The van der Waals surface area contributed by atoms with Crippen LogP contribution in [-0.4, -0.2) is 14.2 Å². The van der Waals surface area contributed by atoms with Crippen LogP contribution in [0.25, 0.3) is 0 Å². The van der Waals surface area contributed by atoms with Gasteiger partial charge in [0.2, 0.25) is 0 Å². The molecule has 0 spiro atoms. The molecule has 100 valence electrons. The highest BCUT2D eigenvalue weighted by atomic mass is 19.1. The molecule has 1 atom stereocenters. The van der Waals surface area contributed by atoms with Crippen LogP contribution in [0.4, 0.5) is 8.78 Å². The SMILES string of the molecule is CNC(c1ccc(F)cc1)c1c(F)cccc1OC. The first-order valence-electron chi connectivity index (χ1n) is 5.92. The van der Waals surface area contributed by atoms with Crippen LogP contribution in [0, 0.1) is 11.6 Å². The van der Waals surface area contributed by atoms with Gasteiger partial charge in [0.15, 0.2) is 0 Å². The van der Waals surface area contributed by atoms with Gasteiger partial charge in [-0.15, -0.1) is 0 Å². The first-order valence-corrected chi connectivity index (χ1v) is 5.92. The van der Waals surface area contributed by atoms with Gasteiger partial charge in [0.1, 0.15) is 17.4 Å². The first-order chi connectivity index (χ1) is 9.17. The fraction of sp³-hybridized carbons (Fsp3) is 0.200. The summed E-state index contributed by atoms with van der Waals surface area (Å²) in [6.45, 7) is 0. The first kappa shape index (κ1) is 13.5. The van der Waals surface area contributed by atoms with Crippen molar-refractivity contribution in [2.24, 2.45) is 0 Å². The number of hydrogen-bond acceptors (Lipinski definition) is 2. The second kappa shape index (κ2) is 5.80. The van der Waals surface area contributed by atoms with Crippen LogP contribution in [0.2, 0.25) is 0 Å². The topological polar surface area (TPSA) is 21.3 Å². The molecular weight excluding hydrogens is 248 g/mol. The summed E-state index contributed by atoms with van der Waals surface area (Å²) in [4.78, 5) is 0. The maximum atomic E-state index is 14.0. The van der Waals surface area contributed by atoms with Gasteiger partial charge in [-0.05, 0) is 36.9 Å². The minimum absolute atomic E-state index is 0.320. The second-order valence-corrected chi connectivity index (χ2v) is 4.13. The van der Waals surface area contributed by atoms with Crippen molar-refractivity contribution in [3.05, 3.63) is 65.2 Å². The van der Waals surface area contributed by atoms with Crippen molar-refractivity contribution in [1.82, 2.24) is 5.32 Å². The number of nitrogens with one attached hydrogen (secondary N) is 1. The highest BCUT2D eigenvalue weighted by Gasteiger charge is 2.20. The lowest BCUT2D eigenvalue weighted by Crippen LogP contribution is -2.19. The fourth-order valence-corrected chi connectivity index (χ4v) is 2.11. The predicted molar refractivity (Wildman–Crippen MR) is 70.3 cm³/mol. The van der Waals surface area contributed by atoms with Gasteiger partial charge in [-0.1, -0.05) is 18.2 Å². The molecule has 0 fully saturated rings. The molecule has 19 heavy (non-hydrogen) atoms. The van der Waals surface area contributed by atoms with E-state index in [4.69, 9.17) is 4.74 Å². The van der Waals surface area contributed by atoms with Crippen molar-refractivity contribution in [3.8, 4) is 5.75 Å². The second-order valence-electron chi connectivity index (χ2n) is 4.13. The van der Waals surface area contributed by atoms with E-state index in [2.05, 4.69) is 5.32 Å². The largest absolute Gasteiger partial charge is 0.496 e. The van der Waals surface area contributed by atoms with Gasteiger partial charge in [0.25, 0.3) is 0 Å². The molecule has 0 amide bonds. The summed E-state index contributed by atoms with van der Waals surface area (Å²) >= 11 is 0. The van der Waals surface area contributed by atoms with E-state index in [1.54, 1.807) is 31.3 Å². The van der Waals surface area contributed by atoms with Gasteiger partial charge in [-0.3, -0.25) is 0 Å². The van der Waals surface area contributed by atoms with Crippen LogP contribution < -0.4 is 10.1 Å². The third-order valence-corrected chi connectivity index (χ3v) is 3.01. The van der Waals surface area contributed by atoms with Crippen LogP contribution in [0.1, 0.15) is 17.2 Å². The van der Waals surface area contributed by atoms with Crippen LogP contribution in [0.3, 0.4) is 0 Å². The van der Waals surface area contributed by atoms with Crippen LogP contribution in [-0.2, 0) is 0 Å². The number of hydrogen-bond donors (Lipinski definition) is 1.